The predicted octanol–water partition coefficient (Wildman–Crippen LogP) is 2.23. The first-order chi connectivity index (χ1) is 6.70. The van der Waals surface area contributed by atoms with Crippen molar-refractivity contribution >= 4 is 21.9 Å². The van der Waals surface area contributed by atoms with E-state index in [1.165, 1.54) is 6.20 Å². The second kappa shape index (κ2) is 5.14. The molecule has 0 amide bonds. The third kappa shape index (κ3) is 2.35. The average Bonchev–Trinajstić information content (AvgIpc) is 2.49. The maximum absolute atomic E-state index is 11.4. The molecule has 0 aromatic carbocycles. The number of aromatic nitrogens is 2. The van der Waals surface area contributed by atoms with Crippen LogP contribution in [0.1, 0.15) is 30.6 Å². The summed E-state index contributed by atoms with van der Waals surface area (Å²) < 4.78 is 7.31. The largest absolute Gasteiger partial charge is 0.462 e. The highest BCUT2D eigenvalue weighted by Gasteiger charge is 2.15. The molecule has 0 N–H and O–H groups in total. The Labute approximate surface area is 91.4 Å². The van der Waals surface area contributed by atoms with Gasteiger partial charge < -0.3 is 4.74 Å². The minimum absolute atomic E-state index is 0.332. The van der Waals surface area contributed by atoms with Crippen LogP contribution in [0.3, 0.4) is 0 Å². The van der Waals surface area contributed by atoms with Crippen molar-refractivity contribution in [3.05, 3.63) is 16.4 Å². The molecule has 1 heterocycles. The van der Waals surface area contributed by atoms with Crippen LogP contribution in [0.25, 0.3) is 0 Å². The summed E-state index contributed by atoms with van der Waals surface area (Å²) in [4.78, 5) is 11.4. The molecular formula is C9H13BrN2O2. The number of halogens is 1. The monoisotopic (exact) mass is 260 g/mol. The maximum Gasteiger partial charge on any atom is 0.342 e. The zero-order chi connectivity index (χ0) is 10.6. The number of hydrogen-bond donors (Lipinski definition) is 0. The fourth-order valence-corrected chi connectivity index (χ4v) is 1.62. The fourth-order valence-electron chi connectivity index (χ4n) is 1.08. The number of ether oxygens (including phenoxy) is 1. The molecule has 5 heteroatoms. The van der Waals surface area contributed by atoms with Gasteiger partial charge in [0.05, 0.1) is 12.8 Å². The molecule has 0 atom stereocenters. The van der Waals surface area contributed by atoms with Crippen molar-refractivity contribution in [1.29, 1.82) is 0 Å². The molecular weight excluding hydrogens is 248 g/mol. The number of esters is 1. The Morgan fingerprint density at radius 1 is 1.64 bits per heavy atom. The van der Waals surface area contributed by atoms with Crippen molar-refractivity contribution in [2.45, 2.75) is 26.8 Å². The lowest BCUT2D eigenvalue weighted by Crippen LogP contribution is -2.05. The molecule has 0 radical (unpaired) electrons. The summed E-state index contributed by atoms with van der Waals surface area (Å²) in [7, 11) is 0. The summed E-state index contributed by atoms with van der Waals surface area (Å²) in [5.74, 6) is -0.332. The first-order valence-corrected chi connectivity index (χ1v) is 5.38. The summed E-state index contributed by atoms with van der Waals surface area (Å²) in [6, 6.07) is 0. The Morgan fingerprint density at radius 2 is 2.36 bits per heavy atom. The molecule has 1 aromatic rings. The molecule has 0 saturated heterocycles. The smallest absolute Gasteiger partial charge is 0.342 e. The quantitative estimate of drug-likeness (QED) is 0.780. The SMILES string of the molecule is CCCn1ncc(C(=O)OCC)c1Br. The van der Waals surface area contributed by atoms with Crippen LogP contribution in [-0.2, 0) is 11.3 Å². The van der Waals surface area contributed by atoms with E-state index < -0.39 is 0 Å². The molecule has 0 fully saturated rings. The normalized spacial score (nSPS) is 10.2. The minimum atomic E-state index is -0.332. The lowest BCUT2D eigenvalue weighted by Gasteiger charge is -2.01. The molecule has 0 aliphatic rings. The summed E-state index contributed by atoms with van der Waals surface area (Å²) in [6.45, 7) is 5.00. The lowest BCUT2D eigenvalue weighted by molar-refractivity contribution is 0.0525. The highest BCUT2D eigenvalue weighted by atomic mass is 79.9. The van der Waals surface area contributed by atoms with Crippen molar-refractivity contribution < 1.29 is 9.53 Å². The van der Waals surface area contributed by atoms with Gasteiger partial charge in [0, 0.05) is 6.54 Å². The third-order valence-electron chi connectivity index (χ3n) is 1.71. The zero-order valence-corrected chi connectivity index (χ0v) is 9.87. The molecule has 0 aliphatic heterocycles. The van der Waals surface area contributed by atoms with E-state index in [-0.39, 0.29) is 5.97 Å². The molecule has 78 valence electrons. The van der Waals surface area contributed by atoms with E-state index in [0.717, 1.165) is 13.0 Å². The van der Waals surface area contributed by atoms with Crippen LogP contribution >= 0.6 is 15.9 Å². The van der Waals surface area contributed by atoms with Crippen LogP contribution in [0, 0.1) is 0 Å². The standard InChI is InChI=1S/C9H13BrN2O2/c1-3-5-12-8(10)7(6-11-12)9(13)14-4-2/h6H,3-5H2,1-2H3. The van der Waals surface area contributed by atoms with Crippen LogP contribution in [0.5, 0.6) is 0 Å². The van der Waals surface area contributed by atoms with Gasteiger partial charge in [-0.15, -0.1) is 0 Å². The van der Waals surface area contributed by atoms with Crippen LogP contribution in [-0.4, -0.2) is 22.4 Å². The first kappa shape index (κ1) is 11.2. The number of carbonyl (C=O) groups is 1. The van der Waals surface area contributed by atoms with Crippen LogP contribution in [0.15, 0.2) is 10.8 Å². The number of rotatable bonds is 4. The molecule has 1 rings (SSSR count). The minimum Gasteiger partial charge on any atom is -0.462 e. The van der Waals surface area contributed by atoms with Gasteiger partial charge in [-0.3, -0.25) is 4.68 Å². The summed E-state index contributed by atoms with van der Waals surface area (Å²) >= 11 is 3.32. The number of carbonyl (C=O) groups excluding carboxylic acids is 1. The van der Waals surface area contributed by atoms with Gasteiger partial charge in [-0.2, -0.15) is 5.10 Å². The van der Waals surface area contributed by atoms with Gasteiger partial charge in [-0.05, 0) is 29.3 Å². The Balaban J connectivity index is 2.83. The molecule has 1 aromatic heterocycles. The van der Waals surface area contributed by atoms with Gasteiger partial charge in [0.2, 0.25) is 0 Å². The molecule has 0 spiro atoms. The average molecular weight is 261 g/mol. The topological polar surface area (TPSA) is 44.1 Å². The van der Waals surface area contributed by atoms with Crippen molar-refractivity contribution in [2.24, 2.45) is 0 Å². The third-order valence-corrected chi connectivity index (χ3v) is 2.54. The Kier molecular flexibility index (Phi) is 4.13. The second-order valence-corrected chi connectivity index (χ2v) is 3.54. The maximum atomic E-state index is 11.4. The van der Waals surface area contributed by atoms with E-state index in [0.29, 0.717) is 16.8 Å². The summed E-state index contributed by atoms with van der Waals surface area (Å²) in [5, 5.41) is 4.08. The van der Waals surface area contributed by atoms with Crippen molar-refractivity contribution in [2.75, 3.05) is 6.61 Å². The van der Waals surface area contributed by atoms with Gasteiger partial charge in [0.15, 0.2) is 0 Å². The van der Waals surface area contributed by atoms with Gasteiger partial charge in [-0.25, -0.2) is 4.79 Å². The fraction of sp³-hybridized carbons (Fsp3) is 0.556. The predicted molar refractivity (Wildman–Crippen MR) is 56.2 cm³/mol. The number of hydrogen-bond acceptors (Lipinski definition) is 3. The van der Waals surface area contributed by atoms with Crippen LogP contribution < -0.4 is 0 Å². The highest BCUT2D eigenvalue weighted by molar-refractivity contribution is 9.10. The van der Waals surface area contributed by atoms with E-state index in [2.05, 4.69) is 28.0 Å². The van der Waals surface area contributed by atoms with Gasteiger partial charge in [0.1, 0.15) is 10.2 Å². The summed E-state index contributed by atoms with van der Waals surface area (Å²) in [6.07, 6.45) is 2.50. The molecule has 14 heavy (non-hydrogen) atoms. The molecule has 0 aliphatic carbocycles. The molecule has 0 unspecified atom stereocenters. The second-order valence-electron chi connectivity index (χ2n) is 2.79. The van der Waals surface area contributed by atoms with E-state index in [1.54, 1.807) is 11.6 Å². The van der Waals surface area contributed by atoms with Gasteiger partial charge in [-0.1, -0.05) is 6.92 Å². The van der Waals surface area contributed by atoms with Crippen LogP contribution in [0.4, 0.5) is 0 Å². The van der Waals surface area contributed by atoms with E-state index >= 15 is 0 Å². The summed E-state index contributed by atoms with van der Waals surface area (Å²) in [5.41, 5.74) is 0.486. The molecule has 0 bridgehead atoms. The van der Waals surface area contributed by atoms with Crippen molar-refractivity contribution in [3.8, 4) is 0 Å². The number of nitrogens with zero attached hydrogens (tertiary/aromatic N) is 2. The van der Waals surface area contributed by atoms with E-state index in [9.17, 15) is 4.79 Å². The molecule has 4 nitrogen and oxygen atoms in total. The highest BCUT2D eigenvalue weighted by Crippen LogP contribution is 2.17. The zero-order valence-electron chi connectivity index (χ0n) is 8.29. The Bertz CT molecular complexity index is 323. The first-order valence-electron chi connectivity index (χ1n) is 4.59. The Morgan fingerprint density at radius 3 is 2.93 bits per heavy atom. The van der Waals surface area contributed by atoms with E-state index in [4.69, 9.17) is 4.74 Å². The van der Waals surface area contributed by atoms with E-state index in [1.807, 2.05) is 0 Å². The van der Waals surface area contributed by atoms with Crippen molar-refractivity contribution in [1.82, 2.24) is 9.78 Å². The Hall–Kier alpha value is -0.840. The van der Waals surface area contributed by atoms with Crippen LogP contribution in [0.2, 0.25) is 0 Å². The number of aryl methyl sites for hydroxylation is 1. The molecule has 0 saturated carbocycles. The van der Waals surface area contributed by atoms with Gasteiger partial charge >= 0.3 is 5.97 Å². The van der Waals surface area contributed by atoms with Gasteiger partial charge in [0.25, 0.3) is 0 Å². The van der Waals surface area contributed by atoms with Crippen molar-refractivity contribution in [3.63, 3.8) is 0 Å². The lowest BCUT2D eigenvalue weighted by atomic mass is 10.4.